The van der Waals surface area contributed by atoms with Gasteiger partial charge in [-0.25, -0.2) is 9.97 Å². The number of nitrogens with zero attached hydrogens (tertiary/aromatic N) is 3. The Balaban J connectivity index is 1.85. The molecule has 0 atom stereocenters. The van der Waals surface area contributed by atoms with E-state index in [1.54, 1.807) is 0 Å². The molecule has 0 aliphatic heterocycles. The molecule has 0 saturated heterocycles. The summed E-state index contributed by atoms with van der Waals surface area (Å²) in [5, 5.41) is 10.5. The minimum atomic E-state index is 0.632. The van der Waals surface area contributed by atoms with Crippen molar-refractivity contribution in [2.24, 2.45) is 0 Å². The fourth-order valence-corrected chi connectivity index (χ4v) is 2.47. The molecule has 0 aliphatic rings. The molecule has 0 radical (unpaired) electrons. The van der Waals surface area contributed by atoms with Crippen molar-refractivity contribution in [3.63, 3.8) is 0 Å². The van der Waals surface area contributed by atoms with Crippen LogP contribution in [-0.4, -0.2) is 21.7 Å². The van der Waals surface area contributed by atoms with Crippen LogP contribution in [0.3, 0.4) is 0 Å². The molecule has 0 unspecified atom stereocenters. The monoisotopic (exact) mass is 337 g/mol. The number of rotatable bonds is 8. The van der Waals surface area contributed by atoms with E-state index in [-0.39, 0.29) is 0 Å². The van der Waals surface area contributed by atoms with Gasteiger partial charge in [0, 0.05) is 24.2 Å². The van der Waals surface area contributed by atoms with Gasteiger partial charge in [0.05, 0.1) is 0 Å². The summed E-state index contributed by atoms with van der Waals surface area (Å²) in [6, 6.07) is 13.7. The highest BCUT2D eigenvalue weighted by Crippen LogP contribution is 2.22. The first-order valence-corrected chi connectivity index (χ1v) is 8.63. The van der Waals surface area contributed by atoms with Crippen molar-refractivity contribution in [1.29, 1.82) is 0 Å². The molecule has 3 rings (SSSR count). The Kier molecular flexibility index (Phi) is 5.61. The van der Waals surface area contributed by atoms with Gasteiger partial charge in [0.1, 0.15) is 17.4 Å². The van der Waals surface area contributed by atoms with Gasteiger partial charge in [-0.05, 0) is 13.3 Å². The van der Waals surface area contributed by atoms with E-state index in [0.29, 0.717) is 17.5 Å². The third-order valence-corrected chi connectivity index (χ3v) is 3.73. The maximum Gasteiger partial charge on any atom is 0.175 e. The summed E-state index contributed by atoms with van der Waals surface area (Å²) in [7, 11) is 0. The van der Waals surface area contributed by atoms with Crippen molar-refractivity contribution in [1.82, 2.24) is 15.1 Å². The minimum absolute atomic E-state index is 0.632. The minimum Gasteiger partial charge on any atom is -0.370 e. The number of aryl methyl sites for hydroxylation is 1. The highest BCUT2D eigenvalue weighted by Gasteiger charge is 2.09. The van der Waals surface area contributed by atoms with Gasteiger partial charge in [-0.15, -0.1) is 0 Å². The maximum absolute atomic E-state index is 5.10. The normalized spacial score (nSPS) is 10.6. The van der Waals surface area contributed by atoms with Gasteiger partial charge >= 0.3 is 0 Å². The Labute approximate surface area is 147 Å². The van der Waals surface area contributed by atoms with Crippen LogP contribution in [0, 0.1) is 6.92 Å². The van der Waals surface area contributed by atoms with Gasteiger partial charge < -0.3 is 15.2 Å². The molecule has 1 aromatic carbocycles. The smallest absolute Gasteiger partial charge is 0.175 e. The molecular formula is C19H23N5O. The van der Waals surface area contributed by atoms with Gasteiger partial charge in [0.15, 0.2) is 11.6 Å². The van der Waals surface area contributed by atoms with Crippen LogP contribution in [0.1, 0.15) is 31.9 Å². The SMILES string of the molecule is CCCCCNc1cc(Nc2cc(C)on2)nc(-c2ccccc2)n1. The molecule has 0 aliphatic carbocycles. The number of benzene rings is 1. The summed E-state index contributed by atoms with van der Waals surface area (Å²) in [4.78, 5) is 9.25. The highest BCUT2D eigenvalue weighted by molar-refractivity contribution is 5.63. The first-order chi connectivity index (χ1) is 12.2. The number of hydrogen-bond acceptors (Lipinski definition) is 6. The Morgan fingerprint density at radius 3 is 2.48 bits per heavy atom. The molecule has 2 heterocycles. The molecule has 6 heteroatoms. The molecule has 3 aromatic rings. The second-order valence-corrected chi connectivity index (χ2v) is 5.91. The van der Waals surface area contributed by atoms with Crippen molar-refractivity contribution in [3.8, 4) is 11.4 Å². The van der Waals surface area contributed by atoms with E-state index in [9.17, 15) is 0 Å². The number of nitrogens with one attached hydrogen (secondary N) is 2. The lowest BCUT2D eigenvalue weighted by Gasteiger charge is -2.10. The van der Waals surface area contributed by atoms with Gasteiger partial charge in [-0.2, -0.15) is 0 Å². The number of hydrogen-bond donors (Lipinski definition) is 2. The van der Waals surface area contributed by atoms with Gasteiger partial charge in [0.25, 0.3) is 0 Å². The third-order valence-electron chi connectivity index (χ3n) is 3.73. The van der Waals surface area contributed by atoms with E-state index in [0.717, 1.165) is 30.1 Å². The predicted octanol–water partition coefficient (Wildman–Crippen LogP) is 4.79. The van der Waals surface area contributed by atoms with E-state index < -0.39 is 0 Å². The van der Waals surface area contributed by atoms with Crippen LogP contribution >= 0.6 is 0 Å². The Bertz CT molecular complexity index is 801. The van der Waals surface area contributed by atoms with Crippen LogP contribution in [-0.2, 0) is 0 Å². The molecule has 25 heavy (non-hydrogen) atoms. The fraction of sp³-hybridized carbons (Fsp3) is 0.316. The lowest BCUT2D eigenvalue weighted by Crippen LogP contribution is -2.06. The standard InChI is InChI=1S/C19H23N5O/c1-3-4-8-11-20-16-13-17(21-18-12-14(2)25-24-18)23-19(22-16)15-9-6-5-7-10-15/h5-7,9-10,12-13H,3-4,8,11H2,1-2H3,(H2,20,21,22,23,24). The molecule has 0 saturated carbocycles. The molecule has 0 amide bonds. The molecule has 0 fully saturated rings. The van der Waals surface area contributed by atoms with Crippen molar-refractivity contribution in [3.05, 3.63) is 48.2 Å². The lowest BCUT2D eigenvalue weighted by atomic mass is 10.2. The molecule has 0 bridgehead atoms. The summed E-state index contributed by atoms with van der Waals surface area (Å²) in [6.45, 7) is 4.94. The van der Waals surface area contributed by atoms with Crippen molar-refractivity contribution >= 4 is 17.5 Å². The summed E-state index contributed by atoms with van der Waals surface area (Å²) < 4.78 is 5.10. The number of unbranched alkanes of at least 4 members (excludes halogenated alkanes) is 2. The predicted molar refractivity (Wildman–Crippen MR) is 100 cm³/mol. The topological polar surface area (TPSA) is 75.9 Å². The van der Waals surface area contributed by atoms with Crippen molar-refractivity contribution < 1.29 is 4.52 Å². The number of aromatic nitrogens is 3. The van der Waals surface area contributed by atoms with E-state index in [2.05, 4.69) is 32.7 Å². The second kappa shape index (κ2) is 8.28. The van der Waals surface area contributed by atoms with Gasteiger partial charge in [0.2, 0.25) is 0 Å². The van der Waals surface area contributed by atoms with E-state index in [4.69, 9.17) is 4.52 Å². The summed E-state index contributed by atoms with van der Waals surface area (Å²) in [6.07, 6.45) is 3.51. The Hall–Kier alpha value is -2.89. The summed E-state index contributed by atoms with van der Waals surface area (Å²) in [5.74, 6) is 3.53. The fourth-order valence-electron chi connectivity index (χ4n) is 2.47. The van der Waals surface area contributed by atoms with E-state index in [1.807, 2.05) is 49.4 Å². The summed E-state index contributed by atoms with van der Waals surface area (Å²) >= 11 is 0. The van der Waals surface area contributed by atoms with Crippen LogP contribution in [0.5, 0.6) is 0 Å². The first kappa shape index (κ1) is 17.0. The quantitative estimate of drug-likeness (QED) is 0.576. The Morgan fingerprint density at radius 2 is 1.76 bits per heavy atom. The van der Waals surface area contributed by atoms with Crippen LogP contribution in [0.4, 0.5) is 17.5 Å². The largest absolute Gasteiger partial charge is 0.370 e. The van der Waals surface area contributed by atoms with Crippen molar-refractivity contribution in [2.75, 3.05) is 17.2 Å². The second-order valence-electron chi connectivity index (χ2n) is 5.91. The van der Waals surface area contributed by atoms with Crippen LogP contribution in [0.25, 0.3) is 11.4 Å². The maximum atomic E-state index is 5.10. The molecule has 2 N–H and O–H groups in total. The van der Waals surface area contributed by atoms with Crippen LogP contribution in [0.15, 0.2) is 47.0 Å². The molecule has 0 spiro atoms. The van der Waals surface area contributed by atoms with Crippen LogP contribution < -0.4 is 10.6 Å². The zero-order chi connectivity index (χ0) is 17.5. The van der Waals surface area contributed by atoms with Crippen LogP contribution in [0.2, 0.25) is 0 Å². The van der Waals surface area contributed by atoms with E-state index in [1.165, 1.54) is 12.8 Å². The average molecular weight is 337 g/mol. The third kappa shape index (κ3) is 4.79. The van der Waals surface area contributed by atoms with E-state index >= 15 is 0 Å². The molecule has 6 nitrogen and oxygen atoms in total. The zero-order valence-electron chi connectivity index (χ0n) is 14.6. The van der Waals surface area contributed by atoms with Crippen molar-refractivity contribution in [2.45, 2.75) is 33.1 Å². The first-order valence-electron chi connectivity index (χ1n) is 8.63. The highest BCUT2D eigenvalue weighted by atomic mass is 16.5. The van der Waals surface area contributed by atoms with Gasteiger partial charge in [-0.1, -0.05) is 55.3 Å². The zero-order valence-corrected chi connectivity index (χ0v) is 14.6. The molecule has 2 aromatic heterocycles. The van der Waals surface area contributed by atoms with Gasteiger partial charge in [-0.3, -0.25) is 0 Å². The summed E-state index contributed by atoms with van der Waals surface area (Å²) in [5.41, 5.74) is 0.971. The number of anilines is 3. The molecule has 130 valence electrons. The Morgan fingerprint density at radius 1 is 0.960 bits per heavy atom. The molecular weight excluding hydrogens is 314 g/mol. The average Bonchev–Trinajstić information content (AvgIpc) is 3.04. The lowest BCUT2D eigenvalue weighted by molar-refractivity contribution is 0.400.